The van der Waals surface area contributed by atoms with Gasteiger partial charge in [0.15, 0.2) is 0 Å². The predicted octanol–water partition coefficient (Wildman–Crippen LogP) is 3.25. The maximum atomic E-state index is 12.9. The van der Waals surface area contributed by atoms with Crippen molar-refractivity contribution in [2.24, 2.45) is 0 Å². The van der Waals surface area contributed by atoms with Crippen LogP contribution >= 0.6 is 0 Å². The fourth-order valence-corrected chi connectivity index (χ4v) is 4.67. The highest BCUT2D eigenvalue weighted by molar-refractivity contribution is 7.84. The third-order valence-corrected chi connectivity index (χ3v) is 6.46. The first kappa shape index (κ1) is 23.3. The summed E-state index contributed by atoms with van der Waals surface area (Å²) in [7, 11) is 1.73. The lowest BCUT2D eigenvalue weighted by Gasteiger charge is -2.12. The number of hydrogen-bond donors (Lipinski definition) is 1. The van der Waals surface area contributed by atoms with Crippen LogP contribution in [0.15, 0.2) is 79.3 Å². The highest BCUT2D eigenvalue weighted by Crippen LogP contribution is 2.24. The number of rotatable bonds is 10. The van der Waals surface area contributed by atoms with Gasteiger partial charge >= 0.3 is 0 Å². The summed E-state index contributed by atoms with van der Waals surface area (Å²) in [6, 6.07) is 19.0. The average Bonchev–Trinajstić information content (AvgIpc) is 3.53. The van der Waals surface area contributed by atoms with E-state index in [1.165, 1.54) is 0 Å². The highest BCUT2D eigenvalue weighted by atomic mass is 32.2. The fourth-order valence-electron chi connectivity index (χ4n) is 3.62. The Morgan fingerprint density at radius 3 is 2.47 bits per heavy atom. The lowest BCUT2D eigenvalue weighted by Crippen LogP contribution is -2.28. The molecular formula is C25H26N4O4S. The molecule has 1 amide bonds. The van der Waals surface area contributed by atoms with E-state index in [1.807, 2.05) is 64.1 Å². The summed E-state index contributed by atoms with van der Waals surface area (Å²) < 4.78 is 27.2. The standard InChI is InChI=1S/C25H26N4O4S/c1-32-22-10-11-23(33-2)19(14-22)15-26-24(30)18-34(31)17-20-16-27-29(21-8-4-3-5-9-21)25(20)28-12-6-7-13-28/h3-14,16H,15,17-18H2,1-2H3,(H,26,30)/t34-/m0/s1. The second-order valence-electron chi connectivity index (χ2n) is 7.51. The molecule has 2 aromatic heterocycles. The molecule has 34 heavy (non-hydrogen) atoms. The van der Waals surface area contributed by atoms with E-state index in [0.717, 1.165) is 22.6 Å². The van der Waals surface area contributed by atoms with Crippen molar-refractivity contribution in [2.45, 2.75) is 12.3 Å². The molecule has 0 bridgehead atoms. The Kier molecular flexibility index (Phi) is 7.44. The predicted molar refractivity (Wildman–Crippen MR) is 131 cm³/mol. The number of aromatic nitrogens is 3. The quantitative estimate of drug-likeness (QED) is 0.378. The molecule has 1 N–H and O–H groups in total. The first-order chi connectivity index (χ1) is 16.6. The van der Waals surface area contributed by atoms with Crippen molar-refractivity contribution in [1.29, 1.82) is 0 Å². The smallest absolute Gasteiger partial charge is 0.232 e. The van der Waals surface area contributed by atoms with Crippen LogP contribution in [0.1, 0.15) is 11.1 Å². The average molecular weight is 479 g/mol. The fraction of sp³-hybridized carbons (Fsp3) is 0.200. The molecule has 4 aromatic rings. The minimum Gasteiger partial charge on any atom is -0.497 e. The molecule has 0 unspecified atom stereocenters. The maximum Gasteiger partial charge on any atom is 0.232 e. The normalized spacial score (nSPS) is 11.7. The van der Waals surface area contributed by atoms with Crippen LogP contribution in [-0.4, -0.2) is 44.4 Å². The lowest BCUT2D eigenvalue weighted by molar-refractivity contribution is -0.118. The van der Waals surface area contributed by atoms with Crippen LogP contribution in [-0.2, 0) is 27.9 Å². The molecule has 1 atom stereocenters. The Morgan fingerprint density at radius 2 is 1.76 bits per heavy atom. The number of methoxy groups -OCH3 is 2. The number of carbonyl (C=O) groups is 1. The Morgan fingerprint density at radius 1 is 1.00 bits per heavy atom. The molecule has 0 aliphatic heterocycles. The van der Waals surface area contributed by atoms with E-state index >= 15 is 0 Å². The minimum absolute atomic E-state index is 0.117. The van der Waals surface area contributed by atoms with Gasteiger partial charge in [-0.2, -0.15) is 5.10 Å². The molecule has 4 rings (SSSR count). The van der Waals surface area contributed by atoms with Crippen molar-refractivity contribution in [2.75, 3.05) is 20.0 Å². The molecular weight excluding hydrogens is 452 g/mol. The summed E-state index contributed by atoms with van der Waals surface area (Å²) in [5.74, 6) is 1.89. The number of para-hydroxylation sites is 1. The summed E-state index contributed by atoms with van der Waals surface area (Å²) in [6.45, 7) is 0.247. The summed E-state index contributed by atoms with van der Waals surface area (Å²) >= 11 is 0. The second-order valence-corrected chi connectivity index (χ2v) is 8.97. The molecule has 176 valence electrons. The van der Waals surface area contributed by atoms with Crippen molar-refractivity contribution in [1.82, 2.24) is 19.7 Å². The molecule has 0 saturated carbocycles. The van der Waals surface area contributed by atoms with E-state index in [9.17, 15) is 9.00 Å². The zero-order chi connectivity index (χ0) is 23.9. The van der Waals surface area contributed by atoms with Crippen molar-refractivity contribution in [3.63, 3.8) is 0 Å². The molecule has 2 heterocycles. The SMILES string of the molecule is COc1ccc(OC)c(CNC(=O)C[S@@](=O)Cc2cnn(-c3ccccc3)c2-n2cccc2)c1. The second kappa shape index (κ2) is 10.8. The van der Waals surface area contributed by atoms with Crippen molar-refractivity contribution in [3.05, 3.63) is 90.4 Å². The van der Waals surface area contributed by atoms with Gasteiger partial charge in [-0.25, -0.2) is 4.68 Å². The molecule has 8 nitrogen and oxygen atoms in total. The van der Waals surface area contributed by atoms with Gasteiger partial charge in [0, 0.05) is 40.9 Å². The number of amides is 1. The third-order valence-electron chi connectivity index (χ3n) is 5.24. The van der Waals surface area contributed by atoms with Gasteiger partial charge in [0.2, 0.25) is 5.91 Å². The molecule has 0 saturated heterocycles. The molecule has 2 aromatic carbocycles. The van der Waals surface area contributed by atoms with E-state index in [-0.39, 0.29) is 24.0 Å². The minimum atomic E-state index is -1.42. The Bertz CT molecular complexity index is 1270. The number of ether oxygens (including phenoxy) is 2. The van der Waals surface area contributed by atoms with Crippen LogP contribution in [0.4, 0.5) is 0 Å². The van der Waals surface area contributed by atoms with Crippen LogP contribution in [0.5, 0.6) is 11.5 Å². The van der Waals surface area contributed by atoms with Crippen molar-refractivity contribution >= 4 is 16.7 Å². The van der Waals surface area contributed by atoms with Crippen LogP contribution in [0.3, 0.4) is 0 Å². The summed E-state index contributed by atoms with van der Waals surface area (Å²) in [6.07, 6.45) is 5.54. The van der Waals surface area contributed by atoms with Gasteiger partial charge in [-0.05, 0) is 42.5 Å². The molecule has 9 heteroatoms. The summed E-state index contributed by atoms with van der Waals surface area (Å²) in [5.41, 5.74) is 2.47. The third kappa shape index (κ3) is 5.37. The van der Waals surface area contributed by atoms with Gasteiger partial charge in [-0.1, -0.05) is 18.2 Å². The monoisotopic (exact) mass is 478 g/mol. The van der Waals surface area contributed by atoms with Gasteiger partial charge < -0.3 is 19.4 Å². The largest absolute Gasteiger partial charge is 0.497 e. The molecule has 0 spiro atoms. The van der Waals surface area contributed by atoms with Crippen LogP contribution in [0, 0.1) is 0 Å². The topological polar surface area (TPSA) is 87.4 Å². The zero-order valence-corrected chi connectivity index (χ0v) is 19.8. The molecule has 0 fully saturated rings. The zero-order valence-electron chi connectivity index (χ0n) is 19.0. The van der Waals surface area contributed by atoms with Gasteiger partial charge in [-0.3, -0.25) is 9.00 Å². The van der Waals surface area contributed by atoms with E-state index < -0.39 is 10.8 Å². The van der Waals surface area contributed by atoms with E-state index in [0.29, 0.717) is 11.5 Å². The Labute approximate surface area is 200 Å². The van der Waals surface area contributed by atoms with Crippen molar-refractivity contribution in [3.8, 4) is 23.0 Å². The van der Waals surface area contributed by atoms with Gasteiger partial charge in [0.05, 0.1) is 31.9 Å². The van der Waals surface area contributed by atoms with Crippen molar-refractivity contribution < 1.29 is 18.5 Å². The summed E-state index contributed by atoms with van der Waals surface area (Å²) in [4.78, 5) is 12.5. The van der Waals surface area contributed by atoms with Gasteiger partial charge in [0.1, 0.15) is 23.1 Å². The highest BCUT2D eigenvalue weighted by Gasteiger charge is 2.18. The number of hydrogen-bond acceptors (Lipinski definition) is 5. The molecule has 0 aliphatic carbocycles. The summed E-state index contributed by atoms with van der Waals surface area (Å²) in [5, 5.41) is 7.34. The number of nitrogens with one attached hydrogen (secondary N) is 1. The first-order valence-corrected chi connectivity index (χ1v) is 12.2. The number of benzene rings is 2. The van der Waals surface area contributed by atoms with Crippen LogP contribution < -0.4 is 14.8 Å². The molecule has 0 radical (unpaired) electrons. The Balaban J connectivity index is 1.44. The first-order valence-electron chi connectivity index (χ1n) is 10.7. The van der Waals surface area contributed by atoms with E-state index in [4.69, 9.17) is 9.47 Å². The van der Waals surface area contributed by atoms with Crippen LogP contribution in [0.25, 0.3) is 11.5 Å². The lowest BCUT2D eigenvalue weighted by atomic mass is 10.2. The van der Waals surface area contributed by atoms with Gasteiger partial charge in [0.25, 0.3) is 0 Å². The van der Waals surface area contributed by atoms with Crippen LogP contribution in [0.2, 0.25) is 0 Å². The van der Waals surface area contributed by atoms with Gasteiger partial charge in [-0.15, -0.1) is 0 Å². The van der Waals surface area contributed by atoms with E-state index in [2.05, 4.69) is 10.4 Å². The number of nitrogens with zero attached hydrogens (tertiary/aromatic N) is 3. The molecule has 0 aliphatic rings. The Hall–Kier alpha value is -3.85. The van der Waals surface area contributed by atoms with E-state index in [1.54, 1.807) is 38.6 Å². The maximum absolute atomic E-state index is 12.9. The number of carbonyl (C=O) groups excluding carboxylic acids is 1.